The van der Waals surface area contributed by atoms with Gasteiger partial charge in [-0.3, -0.25) is 0 Å². The van der Waals surface area contributed by atoms with E-state index in [-0.39, 0.29) is 5.97 Å². The molecule has 0 saturated carbocycles. The van der Waals surface area contributed by atoms with Crippen LogP contribution < -0.4 is 0 Å². The van der Waals surface area contributed by atoms with Crippen LogP contribution >= 0.6 is 15.9 Å². The summed E-state index contributed by atoms with van der Waals surface area (Å²) in [5.74, 6) is -0.309. The molecule has 2 aromatic rings. The number of hydrogen-bond donors (Lipinski definition) is 0. The summed E-state index contributed by atoms with van der Waals surface area (Å²) in [7, 11) is 0. The van der Waals surface area contributed by atoms with Gasteiger partial charge < -0.3 is 4.74 Å². The van der Waals surface area contributed by atoms with E-state index in [1.165, 1.54) is 0 Å². The molecule has 0 bridgehead atoms. The number of carbonyl (C=O) groups excluding carboxylic acids is 1. The number of halogens is 1. The zero-order valence-electron chi connectivity index (χ0n) is 11.8. The van der Waals surface area contributed by atoms with Crippen LogP contribution in [-0.2, 0) is 4.74 Å². The molecule has 0 aliphatic carbocycles. The molecule has 2 aromatic carbocycles. The van der Waals surface area contributed by atoms with Crippen molar-refractivity contribution in [1.29, 1.82) is 0 Å². The third-order valence-electron chi connectivity index (χ3n) is 2.64. The fraction of sp³-hybridized carbons (Fsp3) is 0.235. The average molecular weight is 333 g/mol. The maximum Gasteiger partial charge on any atom is 0.338 e. The van der Waals surface area contributed by atoms with Gasteiger partial charge in [-0.2, -0.15) is 0 Å². The minimum atomic E-state index is -0.494. The Bertz CT molecular complexity index is 613. The summed E-state index contributed by atoms with van der Waals surface area (Å²) < 4.78 is 6.27. The summed E-state index contributed by atoms with van der Waals surface area (Å²) in [4.78, 5) is 12.2. The van der Waals surface area contributed by atoms with Gasteiger partial charge in [0.25, 0.3) is 0 Å². The van der Waals surface area contributed by atoms with Crippen molar-refractivity contribution in [2.75, 3.05) is 0 Å². The summed E-state index contributed by atoms with van der Waals surface area (Å²) in [6.07, 6.45) is 0. The lowest BCUT2D eigenvalue weighted by molar-refractivity contribution is 0.00695. The molecule has 0 aromatic heterocycles. The smallest absolute Gasteiger partial charge is 0.338 e. The highest BCUT2D eigenvalue weighted by Gasteiger charge is 2.18. The summed E-state index contributed by atoms with van der Waals surface area (Å²) in [6, 6.07) is 15.6. The van der Waals surface area contributed by atoms with Crippen LogP contribution in [0.3, 0.4) is 0 Å². The highest BCUT2D eigenvalue weighted by Crippen LogP contribution is 2.26. The standard InChI is InChI=1S/C17H17BrO2/c1-17(2,3)20-16(19)14-9-13(10-15(18)11-14)12-7-5-4-6-8-12/h4-11H,1-3H3. The molecule has 0 unspecified atom stereocenters. The van der Waals surface area contributed by atoms with Crippen LogP contribution in [0.25, 0.3) is 11.1 Å². The number of rotatable bonds is 2. The van der Waals surface area contributed by atoms with Gasteiger partial charge in [0.2, 0.25) is 0 Å². The minimum absolute atomic E-state index is 0.309. The van der Waals surface area contributed by atoms with E-state index in [2.05, 4.69) is 15.9 Å². The van der Waals surface area contributed by atoms with Gasteiger partial charge in [-0.15, -0.1) is 0 Å². The van der Waals surface area contributed by atoms with Crippen LogP contribution in [0, 0.1) is 0 Å². The summed E-state index contributed by atoms with van der Waals surface area (Å²) >= 11 is 3.45. The first-order valence-corrected chi connectivity index (χ1v) is 7.24. The Labute approximate surface area is 127 Å². The molecule has 20 heavy (non-hydrogen) atoms. The van der Waals surface area contributed by atoms with E-state index in [4.69, 9.17) is 4.74 Å². The van der Waals surface area contributed by atoms with Crippen LogP contribution in [0.4, 0.5) is 0 Å². The van der Waals surface area contributed by atoms with Crippen LogP contribution in [0.2, 0.25) is 0 Å². The highest BCUT2D eigenvalue weighted by atomic mass is 79.9. The summed E-state index contributed by atoms with van der Waals surface area (Å²) in [5, 5.41) is 0. The maximum atomic E-state index is 12.2. The fourth-order valence-corrected chi connectivity index (χ4v) is 2.34. The van der Waals surface area contributed by atoms with Gasteiger partial charge in [-0.25, -0.2) is 4.79 Å². The molecule has 0 N–H and O–H groups in total. The van der Waals surface area contributed by atoms with E-state index in [9.17, 15) is 4.79 Å². The molecule has 0 radical (unpaired) electrons. The molecule has 0 atom stereocenters. The third-order valence-corrected chi connectivity index (χ3v) is 3.10. The summed E-state index contributed by atoms with van der Waals surface area (Å²) in [6.45, 7) is 5.59. The van der Waals surface area contributed by atoms with E-state index < -0.39 is 5.60 Å². The normalized spacial score (nSPS) is 11.2. The highest BCUT2D eigenvalue weighted by molar-refractivity contribution is 9.10. The number of benzene rings is 2. The lowest BCUT2D eigenvalue weighted by Gasteiger charge is -2.19. The molecule has 2 rings (SSSR count). The van der Waals surface area contributed by atoms with Crippen LogP contribution in [0.1, 0.15) is 31.1 Å². The first-order chi connectivity index (χ1) is 9.35. The molecular weight excluding hydrogens is 316 g/mol. The Hall–Kier alpha value is -1.61. The second kappa shape index (κ2) is 5.80. The van der Waals surface area contributed by atoms with E-state index >= 15 is 0 Å². The molecule has 3 heteroatoms. The Morgan fingerprint density at radius 2 is 1.65 bits per heavy atom. The van der Waals surface area contributed by atoms with Gasteiger partial charge >= 0.3 is 5.97 Å². The number of carbonyl (C=O) groups is 1. The Kier molecular flexibility index (Phi) is 4.29. The van der Waals surface area contributed by atoms with Gasteiger partial charge in [0.05, 0.1) is 5.56 Å². The van der Waals surface area contributed by atoms with Crippen molar-refractivity contribution >= 4 is 21.9 Å². The van der Waals surface area contributed by atoms with Crippen molar-refractivity contribution in [3.8, 4) is 11.1 Å². The maximum absolute atomic E-state index is 12.2. The first-order valence-electron chi connectivity index (χ1n) is 6.44. The Morgan fingerprint density at radius 1 is 1.00 bits per heavy atom. The third kappa shape index (κ3) is 3.94. The lowest BCUT2D eigenvalue weighted by Crippen LogP contribution is -2.23. The molecule has 0 heterocycles. The van der Waals surface area contributed by atoms with Crippen molar-refractivity contribution < 1.29 is 9.53 Å². The molecule has 104 valence electrons. The molecule has 2 nitrogen and oxygen atoms in total. The molecule has 0 aliphatic rings. The predicted molar refractivity (Wildman–Crippen MR) is 84.7 cm³/mol. The molecule has 0 spiro atoms. The molecule has 0 amide bonds. The minimum Gasteiger partial charge on any atom is -0.456 e. The number of ether oxygens (including phenoxy) is 1. The molecule has 0 saturated heterocycles. The van der Waals surface area contributed by atoms with Gasteiger partial charge in [-0.05, 0) is 50.1 Å². The molecular formula is C17H17BrO2. The van der Waals surface area contributed by atoms with Crippen LogP contribution in [0.15, 0.2) is 53.0 Å². The van der Waals surface area contributed by atoms with E-state index in [1.54, 1.807) is 6.07 Å². The lowest BCUT2D eigenvalue weighted by atomic mass is 10.0. The SMILES string of the molecule is CC(C)(C)OC(=O)c1cc(Br)cc(-c2ccccc2)c1. The van der Waals surface area contributed by atoms with Gasteiger partial charge in [0.15, 0.2) is 0 Å². The topological polar surface area (TPSA) is 26.3 Å². The predicted octanol–water partition coefficient (Wildman–Crippen LogP) is 5.07. The van der Waals surface area contributed by atoms with Crippen LogP contribution in [0.5, 0.6) is 0 Å². The van der Waals surface area contributed by atoms with Crippen molar-refractivity contribution in [1.82, 2.24) is 0 Å². The van der Waals surface area contributed by atoms with Crippen LogP contribution in [-0.4, -0.2) is 11.6 Å². The fourth-order valence-electron chi connectivity index (χ4n) is 1.84. The summed E-state index contributed by atoms with van der Waals surface area (Å²) in [5.41, 5.74) is 2.11. The number of esters is 1. The Balaban J connectivity index is 2.37. The Morgan fingerprint density at radius 3 is 2.25 bits per heavy atom. The largest absolute Gasteiger partial charge is 0.456 e. The van der Waals surface area contributed by atoms with Gasteiger partial charge in [0.1, 0.15) is 5.60 Å². The van der Waals surface area contributed by atoms with Crippen molar-refractivity contribution in [2.45, 2.75) is 26.4 Å². The first kappa shape index (κ1) is 14.8. The average Bonchev–Trinajstić information content (AvgIpc) is 2.37. The monoisotopic (exact) mass is 332 g/mol. The van der Waals surface area contributed by atoms with E-state index in [0.29, 0.717) is 5.56 Å². The zero-order chi connectivity index (χ0) is 14.8. The molecule has 0 fully saturated rings. The van der Waals surface area contributed by atoms with Crippen molar-refractivity contribution in [3.63, 3.8) is 0 Å². The molecule has 0 aliphatic heterocycles. The van der Waals surface area contributed by atoms with E-state index in [0.717, 1.165) is 15.6 Å². The van der Waals surface area contributed by atoms with Crippen molar-refractivity contribution in [3.05, 3.63) is 58.6 Å². The quantitative estimate of drug-likeness (QED) is 0.717. The second-order valence-corrected chi connectivity index (χ2v) is 6.51. The number of hydrogen-bond acceptors (Lipinski definition) is 2. The second-order valence-electron chi connectivity index (χ2n) is 5.60. The van der Waals surface area contributed by atoms with Gasteiger partial charge in [0, 0.05) is 4.47 Å². The van der Waals surface area contributed by atoms with E-state index in [1.807, 2.05) is 63.2 Å². The van der Waals surface area contributed by atoms with Crippen molar-refractivity contribution in [2.24, 2.45) is 0 Å². The zero-order valence-corrected chi connectivity index (χ0v) is 13.4. The van der Waals surface area contributed by atoms with Gasteiger partial charge in [-0.1, -0.05) is 46.3 Å².